The van der Waals surface area contributed by atoms with Crippen LogP contribution in [-0.2, 0) is 11.2 Å². The predicted octanol–water partition coefficient (Wildman–Crippen LogP) is 0.687. The van der Waals surface area contributed by atoms with Crippen LogP contribution < -0.4 is 5.32 Å². The molecule has 1 aromatic heterocycles. The average Bonchev–Trinajstić information content (AvgIpc) is 2.12. The molecule has 0 saturated heterocycles. The van der Waals surface area contributed by atoms with Gasteiger partial charge in [-0.15, -0.1) is 0 Å². The number of imide groups is 1. The molecule has 72 valence electrons. The highest BCUT2D eigenvalue weighted by atomic mass is 35.5. The fraction of sp³-hybridized carbons (Fsp3) is 0.125. The van der Waals surface area contributed by atoms with Crippen LogP contribution in [0.4, 0.5) is 4.39 Å². The lowest BCUT2D eigenvalue weighted by Crippen LogP contribution is -2.37. The molecule has 0 atom stereocenters. The highest BCUT2D eigenvalue weighted by molar-refractivity contribution is 6.29. The van der Waals surface area contributed by atoms with E-state index in [-0.39, 0.29) is 22.7 Å². The van der Waals surface area contributed by atoms with Gasteiger partial charge in [0.05, 0.1) is 12.0 Å². The van der Waals surface area contributed by atoms with E-state index in [1.807, 2.05) is 0 Å². The summed E-state index contributed by atoms with van der Waals surface area (Å²) >= 11 is 5.41. The Balaban J connectivity index is 2.65. The van der Waals surface area contributed by atoms with E-state index >= 15 is 0 Å². The molecular weight excluding hydrogens is 211 g/mol. The van der Waals surface area contributed by atoms with E-state index in [1.165, 1.54) is 0 Å². The molecule has 2 heterocycles. The summed E-state index contributed by atoms with van der Waals surface area (Å²) in [4.78, 5) is 25.6. The molecule has 4 nitrogen and oxygen atoms in total. The van der Waals surface area contributed by atoms with Crippen molar-refractivity contribution in [2.45, 2.75) is 6.42 Å². The van der Waals surface area contributed by atoms with Gasteiger partial charge >= 0.3 is 0 Å². The summed E-state index contributed by atoms with van der Waals surface area (Å²) in [5.74, 6) is -1.98. The zero-order valence-electron chi connectivity index (χ0n) is 6.80. The van der Waals surface area contributed by atoms with Crippen molar-refractivity contribution >= 4 is 23.4 Å². The number of hydrogen-bond acceptors (Lipinski definition) is 3. The van der Waals surface area contributed by atoms with Crippen molar-refractivity contribution in [3.63, 3.8) is 0 Å². The highest BCUT2D eigenvalue weighted by Gasteiger charge is 2.26. The summed E-state index contributed by atoms with van der Waals surface area (Å²) in [5.41, 5.74) is 0.0743. The molecule has 0 aromatic carbocycles. The van der Waals surface area contributed by atoms with E-state index in [0.717, 1.165) is 6.20 Å². The van der Waals surface area contributed by atoms with Gasteiger partial charge in [-0.3, -0.25) is 14.9 Å². The van der Waals surface area contributed by atoms with Crippen LogP contribution in [0.1, 0.15) is 15.9 Å². The first-order valence-corrected chi connectivity index (χ1v) is 4.14. The molecule has 1 aliphatic heterocycles. The minimum absolute atomic E-state index is 0.0127. The number of rotatable bonds is 0. The maximum atomic E-state index is 13.3. The Kier molecular flexibility index (Phi) is 1.96. The second-order valence-corrected chi connectivity index (χ2v) is 3.17. The fourth-order valence-electron chi connectivity index (χ4n) is 1.27. The molecule has 2 rings (SSSR count). The Morgan fingerprint density at radius 2 is 2.21 bits per heavy atom. The van der Waals surface area contributed by atoms with E-state index < -0.39 is 17.6 Å². The van der Waals surface area contributed by atoms with Gasteiger partial charge < -0.3 is 0 Å². The zero-order chi connectivity index (χ0) is 10.3. The van der Waals surface area contributed by atoms with Crippen LogP contribution in [0.25, 0.3) is 0 Å². The number of nitrogens with one attached hydrogen (secondary N) is 1. The van der Waals surface area contributed by atoms with Gasteiger partial charge in [0.15, 0.2) is 11.0 Å². The van der Waals surface area contributed by atoms with Gasteiger partial charge in [0.1, 0.15) is 0 Å². The van der Waals surface area contributed by atoms with Crippen LogP contribution in [0.15, 0.2) is 6.20 Å². The van der Waals surface area contributed by atoms with E-state index in [9.17, 15) is 14.0 Å². The molecular formula is C8H4ClFN2O2. The SMILES string of the molecule is O=C1Cc2c(cnc(Cl)c2F)C(=O)N1. The van der Waals surface area contributed by atoms with Gasteiger partial charge in [-0.05, 0) is 0 Å². The lowest BCUT2D eigenvalue weighted by atomic mass is 10.0. The first kappa shape index (κ1) is 9.08. The second kappa shape index (κ2) is 3.02. The van der Waals surface area contributed by atoms with Crippen molar-refractivity contribution in [1.29, 1.82) is 0 Å². The van der Waals surface area contributed by atoms with Crippen LogP contribution in [0.3, 0.4) is 0 Å². The van der Waals surface area contributed by atoms with Gasteiger partial charge in [0.25, 0.3) is 5.91 Å². The molecule has 6 heteroatoms. The minimum Gasteiger partial charge on any atom is -0.292 e. The average molecular weight is 215 g/mol. The van der Waals surface area contributed by atoms with Crippen LogP contribution in [-0.4, -0.2) is 16.8 Å². The van der Waals surface area contributed by atoms with Crippen LogP contribution >= 0.6 is 11.6 Å². The minimum atomic E-state index is -0.799. The number of fused-ring (bicyclic) bond motifs is 1. The number of hydrogen-bond donors (Lipinski definition) is 1. The molecule has 1 aliphatic rings. The maximum absolute atomic E-state index is 13.3. The summed E-state index contributed by atoms with van der Waals surface area (Å²) in [7, 11) is 0. The third kappa shape index (κ3) is 1.26. The van der Waals surface area contributed by atoms with Gasteiger partial charge in [0, 0.05) is 11.8 Å². The maximum Gasteiger partial charge on any atom is 0.259 e. The van der Waals surface area contributed by atoms with Crippen LogP contribution in [0.2, 0.25) is 5.15 Å². The third-order valence-electron chi connectivity index (χ3n) is 1.91. The fourth-order valence-corrected chi connectivity index (χ4v) is 1.43. The van der Waals surface area contributed by atoms with Crippen molar-refractivity contribution in [1.82, 2.24) is 10.3 Å². The number of carbonyl (C=O) groups excluding carboxylic acids is 2. The standard InChI is InChI=1S/C8H4ClFN2O2/c9-7-6(10)3-1-5(13)12-8(14)4(3)2-11-7/h2H,1H2,(H,12,13,14). The van der Waals surface area contributed by atoms with Gasteiger partial charge in [-0.2, -0.15) is 0 Å². The Hall–Kier alpha value is -1.49. The van der Waals surface area contributed by atoms with Gasteiger partial charge in [0.2, 0.25) is 5.91 Å². The van der Waals surface area contributed by atoms with Crippen molar-refractivity contribution < 1.29 is 14.0 Å². The van der Waals surface area contributed by atoms with E-state index in [4.69, 9.17) is 11.6 Å². The smallest absolute Gasteiger partial charge is 0.259 e. The Morgan fingerprint density at radius 1 is 1.50 bits per heavy atom. The normalized spacial score (nSPS) is 15.0. The molecule has 0 saturated carbocycles. The summed E-state index contributed by atoms with van der Waals surface area (Å²) in [6.07, 6.45) is 0.970. The highest BCUT2D eigenvalue weighted by Crippen LogP contribution is 2.21. The monoisotopic (exact) mass is 214 g/mol. The number of carbonyl (C=O) groups is 2. The number of aromatic nitrogens is 1. The number of nitrogens with zero attached hydrogens (tertiary/aromatic N) is 1. The number of pyridine rings is 1. The van der Waals surface area contributed by atoms with Gasteiger partial charge in [-0.1, -0.05) is 11.6 Å². The predicted molar refractivity (Wildman–Crippen MR) is 45.4 cm³/mol. The summed E-state index contributed by atoms with van der Waals surface area (Å²) in [5, 5.41) is 1.73. The molecule has 0 unspecified atom stereocenters. The number of halogens is 2. The van der Waals surface area contributed by atoms with Crippen molar-refractivity contribution in [2.24, 2.45) is 0 Å². The summed E-state index contributed by atoms with van der Waals surface area (Å²) < 4.78 is 13.3. The molecule has 0 bridgehead atoms. The van der Waals surface area contributed by atoms with E-state index in [2.05, 4.69) is 10.3 Å². The number of amides is 2. The van der Waals surface area contributed by atoms with E-state index in [0.29, 0.717) is 0 Å². The molecule has 0 radical (unpaired) electrons. The first-order valence-electron chi connectivity index (χ1n) is 3.76. The zero-order valence-corrected chi connectivity index (χ0v) is 7.56. The largest absolute Gasteiger partial charge is 0.292 e. The van der Waals surface area contributed by atoms with Crippen LogP contribution in [0, 0.1) is 5.82 Å². The van der Waals surface area contributed by atoms with Crippen molar-refractivity contribution in [2.75, 3.05) is 0 Å². The van der Waals surface area contributed by atoms with Crippen molar-refractivity contribution in [3.05, 3.63) is 28.3 Å². The Morgan fingerprint density at radius 3 is 2.93 bits per heavy atom. The Labute approximate surface area is 83.1 Å². The second-order valence-electron chi connectivity index (χ2n) is 2.81. The Bertz CT molecular complexity index is 447. The summed E-state index contributed by atoms with van der Waals surface area (Å²) in [6.45, 7) is 0. The lowest BCUT2D eigenvalue weighted by Gasteiger charge is -2.15. The lowest BCUT2D eigenvalue weighted by molar-refractivity contribution is -0.119. The topological polar surface area (TPSA) is 59.1 Å². The van der Waals surface area contributed by atoms with Crippen molar-refractivity contribution in [3.8, 4) is 0 Å². The molecule has 2 amide bonds. The molecule has 14 heavy (non-hydrogen) atoms. The molecule has 0 spiro atoms. The quantitative estimate of drug-likeness (QED) is 0.511. The summed E-state index contributed by atoms with van der Waals surface area (Å²) in [6, 6.07) is 0. The first-order chi connectivity index (χ1) is 6.59. The van der Waals surface area contributed by atoms with Crippen LogP contribution in [0.5, 0.6) is 0 Å². The third-order valence-corrected chi connectivity index (χ3v) is 2.18. The molecule has 0 aliphatic carbocycles. The molecule has 1 aromatic rings. The molecule has 1 N–H and O–H groups in total. The molecule has 0 fully saturated rings. The van der Waals surface area contributed by atoms with E-state index in [1.54, 1.807) is 0 Å². The van der Waals surface area contributed by atoms with Gasteiger partial charge in [-0.25, -0.2) is 9.37 Å².